The predicted octanol–water partition coefficient (Wildman–Crippen LogP) is 4.50. The third-order valence-corrected chi connectivity index (χ3v) is 5.73. The molecule has 2 amide bonds. The zero-order chi connectivity index (χ0) is 24.9. The Morgan fingerprint density at radius 3 is 2.31 bits per heavy atom. The van der Waals surface area contributed by atoms with E-state index in [4.69, 9.17) is 0 Å². The van der Waals surface area contributed by atoms with Crippen LogP contribution in [-0.2, 0) is 22.6 Å². The van der Waals surface area contributed by atoms with Crippen molar-refractivity contribution in [2.45, 2.75) is 19.9 Å². The van der Waals surface area contributed by atoms with E-state index >= 15 is 0 Å². The molecule has 0 aliphatic carbocycles. The number of carbonyl (C=O) groups excluding carboxylic acids is 2. The van der Waals surface area contributed by atoms with Gasteiger partial charge in [0.2, 0.25) is 5.91 Å². The van der Waals surface area contributed by atoms with E-state index < -0.39 is 5.82 Å². The van der Waals surface area contributed by atoms with Crippen LogP contribution in [0.25, 0.3) is 11.3 Å². The molecule has 0 saturated heterocycles. The summed E-state index contributed by atoms with van der Waals surface area (Å²) in [4.78, 5) is 26.3. The first-order chi connectivity index (χ1) is 16.8. The minimum Gasteiger partial charge on any atom is -0.356 e. The second-order valence-electron chi connectivity index (χ2n) is 8.88. The van der Waals surface area contributed by atoms with Crippen molar-refractivity contribution >= 4 is 34.5 Å². The number of hydrogen-bond acceptors (Lipinski definition) is 4. The van der Waals surface area contributed by atoms with Crippen molar-refractivity contribution < 1.29 is 14.0 Å². The van der Waals surface area contributed by atoms with Crippen molar-refractivity contribution in [3.63, 3.8) is 0 Å². The van der Waals surface area contributed by atoms with Crippen molar-refractivity contribution in [1.29, 1.82) is 0 Å². The largest absolute Gasteiger partial charge is 0.356 e. The SMILES string of the molecule is CC(=O)NCCc1ccc(C(Nc2ccc(CN(C)C)cc2)=C2C(=O)Nc3cc(F)ccc32)cc1. The second-order valence-corrected chi connectivity index (χ2v) is 8.88. The van der Waals surface area contributed by atoms with Gasteiger partial charge in [-0.25, -0.2) is 4.39 Å². The van der Waals surface area contributed by atoms with Crippen molar-refractivity contribution in [2.75, 3.05) is 31.3 Å². The third kappa shape index (κ3) is 5.94. The van der Waals surface area contributed by atoms with Crippen molar-refractivity contribution in [1.82, 2.24) is 10.2 Å². The number of carbonyl (C=O) groups is 2. The van der Waals surface area contributed by atoms with E-state index in [1.54, 1.807) is 6.07 Å². The van der Waals surface area contributed by atoms with Gasteiger partial charge < -0.3 is 20.9 Å². The van der Waals surface area contributed by atoms with Gasteiger partial charge in [-0.2, -0.15) is 0 Å². The topological polar surface area (TPSA) is 73.5 Å². The Kier molecular flexibility index (Phi) is 7.27. The molecule has 7 heteroatoms. The quantitative estimate of drug-likeness (QED) is 0.422. The minimum absolute atomic E-state index is 0.0585. The number of rotatable bonds is 8. The zero-order valence-electron chi connectivity index (χ0n) is 20.1. The molecule has 4 rings (SSSR count). The molecule has 0 fully saturated rings. The van der Waals surface area contributed by atoms with Crippen LogP contribution in [0, 0.1) is 5.82 Å². The fraction of sp³-hybridized carbons (Fsp3) is 0.214. The molecule has 1 aliphatic heterocycles. The number of fused-ring (bicyclic) bond motifs is 1. The van der Waals surface area contributed by atoms with E-state index in [1.807, 2.05) is 62.6 Å². The van der Waals surface area contributed by atoms with Crippen LogP contribution in [0.2, 0.25) is 0 Å². The molecule has 0 atom stereocenters. The lowest BCUT2D eigenvalue weighted by molar-refractivity contribution is -0.119. The molecule has 3 N–H and O–H groups in total. The predicted molar refractivity (Wildman–Crippen MR) is 138 cm³/mol. The summed E-state index contributed by atoms with van der Waals surface area (Å²) in [5.74, 6) is -0.747. The first-order valence-corrected chi connectivity index (χ1v) is 11.5. The van der Waals surface area contributed by atoms with Gasteiger partial charge in [0.05, 0.1) is 17.0 Å². The van der Waals surface area contributed by atoms with Crippen molar-refractivity contribution in [3.8, 4) is 0 Å². The molecule has 1 heterocycles. The number of anilines is 2. The van der Waals surface area contributed by atoms with Crippen LogP contribution in [0.4, 0.5) is 15.8 Å². The maximum absolute atomic E-state index is 13.8. The highest BCUT2D eigenvalue weighted by atomic mass is 19.1. The summed E-state index contributed by atoms with van der Waals surface area (Å²) in [5.41, 5.74) is 6.12. The first-order valence-electron chi connectivity index (χ1n) is 11.5. The third-order valence-electron chi connectivity index (χ3n) is 5.73. The molecule has 0 spiro atoms. The van der Waals surface area contributed by atoms with Crippen LogP contribution in [-0.4, -0.2) is 37.4 Å². The Labute approximate surface area is 204 Å². The Morgan fingerprint density at radius 2 is 1.66 bits per heavy atom. The van der Waals surface area contributed by atoms with E-state index in [2.05, 4.69) is 20.9 Å². The number of nitrogens with one attached hydrogen (secondary N) is 3. The molecule has 35 heavy (non-hydrogen) atoms. The van der Waals surface area contributed by atoms with Gasteiger partial charge in [-0.3, -0.25) is 9.59 Å². The van der Waals surface area contributed by atoms with E-state index in [0.717, 1.165) is 23.4 Å². The minimum atomic E-state index is -0.403. The number of nitrogens with zero attached hydrogens (tertiary/aromatic N) is 1. The van der Waals surface area contributed by atoms with E-state index in [1.165, 1.54) is 24.6 Å². The molecule has 6 nitrogen and oxygen atoms in total. The molecule has 0 unspecified atom stereocenters. The summed E-state index contributed by atoms with van der Waals surface area (Å²) < 4.78 is 13.8. The molecular weight excluding hydrogens is 443 g/mol. The average Bonchev–Trinajstić information content (AvgIpc) is 3.13. The normalized spacial score (nSPS) is 13.9. The van der Waals surface area contributed by atoms with Crippen LogP contribution in [0.1, 0.15) is 29.2 Å². The number of benzene rings is 3. The van der Waals surface area contributed by atoms with Gasteiger partial charge in [-0.15, -0.1) is 0 Å². The van der Waals surface area contributed by atoms with E-state index in [9.17, 15) is 14.0 Å². The molecule has 1 aliphatic rings. The summed E-state index contributed by atoms with van der Waals surface area (Å²) >= 11 is 0. The Morgan fingerprint density at radius 1 is 0.971 bits per heavy atom. The maximum atomic E-state index is 13.8. The number of halogens is 1. The van der Waals surface area contributed by atoms with Gasteiger partial charge in [-0.1, -0.05) is 36.4 Å². The molecule has 3 aromatic carbocycles. The highest BCUT2D eigenvalue weighted by Gasteiger charge is 2.28. The molecule has 3 aromatic rings. The van der Waals surface area contributed by atoms with Gasteiger partial charge in [0, 0.05) is 31.3 Å². The monoisotopic (exact) mass is 472 g/mol. The lowest BCUT2D eigenvalue weighted by Gasteiger charge is -2.16. The fourth-order valence-corrected chi connectivity index (χ4v) is 4.10. The first kappa shape index (κ1) is 24.2. The average molecular weight is 473 g/mol. The van der Waals surface area contributed by atoms with Crippen molar-refractivity contribution in [2.24, 2.45) is 0 Å². The number of hydrogen-bond donors (Lipinski definition) is 3. The summed E-state index contributed by atoms with van der Waals surface area (Å²) in [6.45, 7) is 2.88. The Balaban J connectivity index is 1.70. The Bertz CT molecular complexity index is 1270. The number of amides is 2. The second kappa shape index (κ2) is 10.5. The lowest BCUT2D eigenvalue weighted by atomic mass is 9.98. The summed E-state index contributed by atoms with van der Waals surface area (Å²) in [7, 11) is 4.04. The molecule has 0 radical (unpaired) electrons. The van der Waals surface area contributed by atoms with Gasteiger partial charge in [-0.05, 0) is 67.5 Å². The standard InChI is InChI=1S/C28H29FN4O2/c1-18(34)30-15-14-19-4-8-21(9-5-19)27(31-23-11-6-20(7-12-23)17-33(2)3)26-24-13-10-22(29)16-25(24)32-28(26)35/h4-13,16,31H,14-15,17H2,1-3H3,(H,30,34)(H,32,35). The smallest absolute Gasteiger partial charge is 0.258 e. The van der Waals surface area contributed by atoms with Gasteiger partial charge in [0.15, 0.2) is 0 Å². The van der Waals surface area contributed by atoms with Gasteiger partial charge >= 0.3 is 0 Å². The maximum Gasteiger partial charge on any atom is 0.258 e. The molecule has 180 valence electrons. The fourth-order valence-electron chi connectivity index (χ4n) is 4.10. The van der Waals surface area contributed by atoms with Crippen LogP contribution >= 0.6 is 0 Å². The summed E-state index contributed by atoms with van der Waals surface area (Å²) in [6.07, 6.45) is 0.703. The molecule has 0 aromatic heterocycles. The summed E-state index contributed by atoms with van der Waals surface area (Å²) in [6, 6.07) is 20.3. The van der Waals surface area contributed by atoms with E-state index in [-0.39, 0.29) is 11.8 Å². The van der Waals surface area contributed by atoms with Gasteiger partial charge in [0.25, 0.3) is 5.91 Å². The van der Waals surface area contributed by atoms with Gasteiger partial charge in [0.1, 0.15) is 5.82 Å². The van der Waals surface area contributed by atoms with Crippen LogP contribution in [0.5, 0.6) is 0 Å². The van der Waals surface area contributed by atoms with Crippen LogP contribution in [0.3, 0.4) is 0 Å². The molecule has 0 bridgehead atoms. The van der Waals surface area contributed by atoms with Crippen LogP contribution < -0.4 is 16.0 Å². The molecule has 0 saturated carbocycles. The van der Waals surface area contributed by atoms with Crippen molar-refractivity contribution in [3.05, 3.63) is 94.8 Å². The molecular formula is C28H29FN4O2. The van der Waals surface area contributed by atoms with E-state index in [0.29, 0.717) is 35.5 Å². The Hall–Kier alpha value is -3.97. The zero-order valence-corrected chi connectivity index (χ0v) is 20.1. The van der Waals surface area contributed by atoms with Crippen LogP contribution in [0.15, 0.2) is 66.7 Å². The highest BCUT2D eigenvalue weighted by Crippen LogP contribution is 2.38. The highest BCUT2D eigenvalue weighted by molar-refractivity contribution is 6.37. The summed E-state index contributed by atoms with van der Waals surface area (Å²) in [5, 5.41) is 9.02. The lowest BCUT2D eigenvalue weighted by Crippen LogP contribution is -2.22.